The summed E-state index contributed by atoms with van der Waals surface area (Å²) < 4.78 is 5.46. The lowest BCUT2D eigenvalue weighted by Gasteiger charge is -2.28. The van der Waals surface area contributed by atoms with Gasteiger partial charge in [-0.15, -0.1) is 0 Å². The molecular weight excluding hydrogens is 396 g/mol. The predicted molar refractivity (Wildman–Crippen MR) is 122 cm³/mol. The second-order valence-corrected chi connectivity index (χ2v) is 9.50. The third-order valence-electron chi connectivity index (χ3n) is 4.93. The number of benzene rings is 2. The molecule has 0 atom stereocenters. The summed E-state index contributed by atoms with van der Waals surface area (Å²) in [6.07, 6.45) is 1.85. The van der Waals surface area contributed by atoms with Crippen LogP contribution in [0.25, 0.3) is 0 Å². The Labute approximate surface area is 181 Å². The van der Waals surface area contributed by atoms with E-state index >= 15 is 0 Å². The van der Waals surface area contributed by atoms with Crippen LogP contribution in [-0.4, -0.2) is 31.3 Å². The Balaban J connectivity index is 1.55. The lowest BCUT2D eigenvalue weighted by molar-refractivity contribution is 0.122. The molecule has 3 aromatic rings. The number of pyridine rings is 1. The predicted octanol–water partition coefficient (Wildman–Crippen LogP) is 6.34. The molecule has 29 heavy (non-hydrogen) atoms. The first kappa shape index (κ1) is 20.3. The van der Waals surface area contributed by atoms with Crippen molar-refractivity contribution in [2.24, 2.45) is 0 Å². The molecule has 3 nitrogen and oxygen atoms in total. The maximum absolute atomic E-state index is 5.46. The largest absolute Gasteiger partial charge is 0.378 e. The van der Waals surface area contributed by atoms with E-state index in [1.54, 1.807) is 11.8 Å². The molecule has 0 aliphatic carbocycles. The van der Waals surface area contributed by atoms with Gasteiger partial charge in [-0.3, -0.25) is 0 Å². The lowest BCUT2D eigenvalue weighted by Crippen LogP contribution is -2.36. The minimum atomic E-state index is 0.505. The standard InChI is InChI=1S/C24H26N2OS2/c1-18(2)19-6-11-22(23(17-19)29-24-5-3-4-12-25-24)28-21-9-7-20(8-10-21)26-13-15-27-16-14-26/h3-12,17-18H,13-16H2,1-2H3. The Morgan fingerprint density at radius 1 is 0.897 bits per heavy atom. The van der Waals surface area contributed by atoms with Gasteiger partial charge in [0.05, 0.1) is 13.2 Å². The van der Waals surface area contributed by atoms with E-state index in [0.717, 1.165) is 31.3 Å². The first-order chi connectivity index (χ1) is 14.2. The molecule has 0 spiro atoms. The van der Waals surface area contributed by atoms with Crippen LogP contribution in [0, 0.1) is 0 Å². The number of ether oxygens (including phenoxy) is 1. The molecule has 5 heteroatoms. The van der Waals surface area contributed by atoms with E-state index in [0.29, 0.717) is 5.92 Å². The van der Waals surface area contributed by atoms with Crippen LogP contribution in [-0.2, 0) is 4.74 Å². The van der Waals surface area contributed by atoms with E-state index in [1.807, 2.05) is 30.1 Å². The summed E-state index contributed by atoms with van der Waals surface area (Å²) in [7, 11) is 0. The van der Waals surface area contributed by atoms with Gasteiger partial charge >= 0.3 is 0 Å². The van der Waals surface area contributed by atoms with E-state index in [1.165, 1.54) is 25.9 Å². The molecule has 1 fully saturated rings. The molecule has 2 aromatic carbocycles. The van der Waals surface area contributed by atoms with Gasteiger partial charge in [0.2, 0.25) is 0 Å². The molecule has 0 N–H and O–H groups in total. The van der Waals surface area contributed by atoms with Gasteiger partial charge in [0, 0.05) is 39.7 Å². The number of rotatable bonds is 6. The fraction of sp³-hybridized carbons (Fsp3) is 0.292. The summed E-state index contributed by atoms with van der Waals surface area (Å²) in [5.41, 5.74) is 2.63. The first-order valence-electron chi connectivity index (χ1n) is 10.0. The van der Waals surface area contributed by atoms with Crippen LogP contribution >= 0.6 is 23.5 Å². The summed E-state index contributed by atoms with van der Waals surface area (Å²) in [6, 6.07) is 21.8. The quantitative estimate of drug-likeness (QED) is 0.461. The molecule has 0 unspecified atom stereocenters. The molecule has 1 aromatic heterocycles. The van der Waals surface area contributed by atoms with Crippen molar-refractivity contribution >= 4 is 29.2 Å². The smallest absolute Gasteiger partial charge is 0.101 e. The van der Waals surface area contributed by atoms with Crippen LogP contribution in [0.4, 0.5) is 5.69 Å². The van der Waals surface area contributed by atoms with Gasteiger partial charge in [-0.05, 0) is 60.0 Å². The average Bonchev–Trinajstić information content (AvgIpc) is 2.77. The summed E-state index contributed by atoms with van der Waals surface area (Å²) in [4.78, 5) is 10.7. The highest BCUT2D eigenvalue weighted by molar-refractivity contribution is 8.02. The van der Waals surface area contributed by atoms with Crippen LogP contribution in [0.5, 0.6) is 0 Å². The van der Waals surface area contributed by atoms with Gasteiger partial charge in [0.1, 0.15) is 5.03 Å². The van der Waals surface area contributed by atoms with Crippen molar-refractivity contribution in [2.45, 2.75) is 39.5 Å². The zero-order valence-electron chi connectivity index (χ0n) is 16.9. The van der Waals surface area contributed by atoms with Gasteiger partial charge in [-0.25, -0.2) is 4.98 Å². The number of hydrogen-bond donors (Lipinski definition) is 0. The Morgan fingerprint density at radius 3 is 2.38 bits per heavy atom. The topological polar surface area (TPSA) is 25.4 Å². The SMILES string of the molecule is CC(C)c1ccc(Sc2ccc(N3CCOCC3)cc2)c(Sc2ccccn2)c1. The molecule has 0 radical (unpaired) electrons. The molecule has 0 saturated carbocycles. The zero-order valence-corrected chi connectivity index (χ0v) is 18.5. The van der Waals surface area contributed by atoms with Gasteiger partial charge < -0.3 is 9.64 Å². The van der Waals surface area contributed by atoms with Crippen molar-refractivity contribution in [2.75, 3.05) is 31.2 Å². The number of anilines is 1. The molecule has 150 valence electrons. The molecular formula is C24H26N2OS2. The number of hydrogen-bond acceptors (Lipinski definition) is 5. The maximum atomic E-state index is 5.46. The maximum Gasteiger partial charge on any atom is 0.101 e. The van der Waals surface area contributed by atoms with Crippen LogP contribution in [0.1, 0.15) is 25.3 Å². The second-order valence-electron chi connectivity index (χ2n) is 7.33. The van der Waals surface area contributed by atoms with E-state index < -0.39 is 0 Å². The molecule has 0 bridgehead atoms. The minimum absolute atomic E-state index is 0.505. The fourth-order valence-corrected chi connectivity index (χ4v) is 5.16. The minimum Gasteiger partial charge on any atom is -0.378 e. The molecule has 1 aliphatic heterocycles. The Morgan fingerprint density at radius 2 is 1.69 bits per heavy atom. The number of morpholine rings is 1. The van der Waals surface area contributed by atoms with Crippen LogP contribution in [0.3, 0.4) is 0 Å². The van der Waals surface area contributed by atoms with E-state index in [4.69, 9.17) is 4.74 Å². The average molecular weight is 423 g/mol. The van der Waals surface area contributed by atoms with Crippen LogP contribution in [0.2, 0.25) is 0 Å². The number of nitrogens with zero attached hydrogens (tertiary/aromatic N) is 2. The van der Waals surface area contributed by atoms with E-state index in [9.17, 15) is 0 Å². The summed E-state index contributed by atoms with van der Waals surface area (Å²) in [6.45, 7) is 8.03. The zero-order chi connectivity index (χ0) is 20.1. The Hall–Kier alpha value is -1.95. The van der Waals surface area contributed by atoms with E-state index in [-0.39, 0.29) is 0 Å². The number of aromatic nitrogens is 1. The monoisotopic (exact) mass is 422 g/mol. The van der Waals surface area contributed by atoms with Crippen LogP contribution in [0.15, 0.2) is 86.6 Å². The van der Waals surface area contributed by atoms with Crippen LogP contribution < -0.4 is 4.90 Å². The Kier molecular flexibility index (Phi) is 6.80. The molecule has 1 aliphatic rings. The fourth-order valence-electron chi connectivity index (χ4n) is 3.24. The van der Waals surface area contributed by atoms with Gasteiger partial charge in [-0.2, -0.15) is 0 Å². The normalized spacial score (nSPS) is 14.4. The van der Waals surface area contributed by atoms with Crippen molar-refractivity contribution in [1.29, 1.82) is 0 Å². The van der Waals surface area contributed by atoms with Crippen molar-refractivity contribution in [1.82, 2.24) is 4.98 Å². The highest BCUT2D eigenvalue weighted by Gasteiger charge is 2.13. The highest BCUT2D eigenvalue weighted by Crippen LogP contribution is 2.40. The van der Waals surface area contributed by atoms with Crippen molar-refractivity contribution in [3.8, 4) is 0 Å². The molecule has 1 saturated heterocycles. The van der Waals surface area contributed by atoms with Gasteiger partial charge in [0.25, 0.3) is 0 Å². The van der Waals surface area contributed by atoms with Crippen molar-refractivity contribution in [3.63, 3.8) is 0 Å². The summed E-state index contributed by atoms with van der Waals surface area (Å²) in [5, 5.41) is 1.03. The molecule has 4 rings (SSSR count). The van der Waals surface area contributed by atoms with Crippen molar-refractivity contribution in [3.05, 3.63) is 72.4 Å². The Bertz CT molecular complexity index is 923. The second kappa shape index (κ2) is 9.70. The van der Waals surface area contributed by atoms with Gasteiger partial charge in [-0.1, -0.05) is 49.5 Å². The van der Waals surface area contributed by atoms with Gasteiger partial charge in [0.15, 0.2) is 0 Å². The van der Waals surface area contributed by atoms with Crippen molar-refractivity contribution < 1.29 is 4.74 Å². The highest BCUT2D eigenvalue weighted by atomic mass is 32.2. The molecule has 0 amide bonds. The van der Waals surface area contributed by atoms with E-state index in [2.05, 4.69) is 72.3 Å². The summed E-state index contributed by atoms with van der Waals surface area (Å²) >= 11 is 3.55. The molecule has 2 heterocycles. The summed E-state index contributed by atoms with van der Waals surface area (Å²) in [5.74, 6) is 0.505. The third-order valence-corrected chi connectivity index (χ3v) is 7.15. The third kappa shape index (κ3) is 5.35. The first-order valence-corrected chi connectivity index (χ1v) is 11.7. The lowest BCUT2D eigenvalue weighted by atomic mass is 10.0.